The van der Waals surface area contributed by atoms with Crippen molar-refractivity contribution in [3.05, 3.63) is 83.1 Å². The zero-order chi connectivity index (χ0) is 26.6. The van der Waals surface area contributed by atoms with Crippen LogP contribution < -0.4 is 5.32 Å². The van der Waals surface area contributed by atoms with E-state index in [1.165, 1.54) is 19.1 Å². The molecule has 8 heteroatoms. The SMILES string of the molecule is CC1=C(C(=O)c2ccccc2)[C@](NC(=O)CCC2CCCCC2)(C(F)(F)F)C(=O)N1Cc1ccccc1. The number of ketones is 1. The summed E-state index contributed by atoms with van der Waals surface area (Å²) in [7, 11) is 0. The molecule has 1 fully saturated rings. The number of Topliss-reactive ketones (excluding diaryl/α,β-unsaturated/α-hetero) is 1. The summed E-state index contributed by atoms with van der Waals surface area (Å²) in [4.78, 5) is 41.2. The van der Waals surface area contributed by atoms with Gasteiger partial charge in [0.05, 0.1) is 12.1 Å². The number of hydrogen-bond acceptors (Lipinski definition) is 3. The lowest BCUT2D eigenvalue weighted by Gasteiger charge is -2.34. The van der Waals surface area contributed by atoms with Gasteiger partial charge in [-0.05, 0) is 24.8 Å². The number of nitrogens with zero attached hydrogens (tertiary/aromatic N) is 1. The van der Waals surface area contributed by atoms with Gasteiger partial charge in [-0.15, -0.1) is 0 Å². The van der Waals surface area contributed by atoms with Gasteiger partial charge in [0, 0.05) is 17.7 Å². The van der Waals surface area contributed by atoms with Crippen LogP contribution in [0.15, 0.2) is 71.9 Å². The maximum atomic E-state index is 15.0. The topological polar surface area (TPSA) is 66.5 Å². The maximum Gasteiger partial charge on any atom is 0.425 e. The first-order valence-electron chi connectivity index (χ1n) is 12.7. The van der Waals surface area contributed by atoms with Gasteiger partial charge in [0.25, 0.3) is 5.91 Å². The molecule has 2 aromatic rings. The van der Waals surface area contributed by atoms with Gasteiger partial charge >= 0.3 is 6.18 Å². The molecule has 0 saturated heterocycles. The van der Waals surface area contributed by atoms with Gasteiger partial charge in [-0.1, -0.05) is 92.8 Å². The lowest BCUT2D eigenvalue weighted by molar-refractivity contribution is -0.193. The number of amides is 2. The van der Waals surface area contributed by atoms with E-state index in [-0.39, 0.29) is 30.1 Å². The first kappa shape index (κ1) is 26.6. The van der Waals surface area contributed by atoms with Crippen molar-refractivity contribution in [2.45, 2.75) is 70.1 Å². The zero-order valence-corrected chi connectivity index (χ0v) is 20.8. The second kappa shape index (κ2) is 10.9. The third-order valence-corrected chi connectivity index (χ3v) is 7.41. The average molecular weight is 513 g/mol. The molecule has 0 aromatic heterocycles. The summed E-state index contributed by atoms with van der Waals surface area (Å²) in [5.74, 6) is -2.92. The minimum Gasteiger partial charge on any atom is -0.330 e. The van der Waals surface area contributed by atoms with Crippen molar-refractivity contribution < 1.29 is 27.6 Å². The molecule has 0 unspecified atom stereocenters. The smallest absolute Gasteiger partial charge is 0.330 e. The summed E-state index contributed by atoms with van der Waals surface area (Å²) >= 11 is 0. The molecule has 2 aliphatic rings. The second-order valence-corrected chi connectivity index (χ2v) is 9.87. The first-order chi connectivity index (χ1) is 17.6. The maximum absolute atomic E-state index is 15.0. The molecule has 1 N–H and O–H groups in total. The summed E-state index contributed by atoms with van der Waals surface area (Å²) in [6.45, 7) is 1.17. The Bertz CT molecular complexity index is 1170. The Hall–Kier alpha value is -3.42. The number of carbonyl (C=O) groups is 3. The van der Waals surface area contributed by atoms with E-state index in [9.17, 15) is 27.6 Å². The van der Waals surface area contributed by atoms with Crippen molar-refractivity contribution in [3.63, 3.8) is 0 Å². The second-order valence-electron chi connectivity index (χ2n) is 9.87. The van der Waals surface area contributed by atoms with Crippen molar-refractivity contribution in [1.82, 2.24) is 10.2 Å². The fraction of sp³-hybridized carbons (Fsp3) is 0.414. The van der Waals surface area contributed by atoms with Gasteiger partial charge in [0.15, 0.2) is 5.78 Å². The van der Waals surface area contributed by atoms with Crippen LogP contribution >= 0.6 is 0 Å². The van der Waals surface area contributed by atoms with E-state index in [2.05, 4.69) is 0 Å². The first-order valence-corrected chi connectivity index (χ1v) is 12.7. The van der Waals surface area contributed by atoms with Crippen LogP contribution in [0.3, 0.4) is 0 Å². The molecule has 0 bridgehead atoms. The van der Waals surface area contributed by atoms with Crippen molar-refractivity contribution in [3.8, 4) is 0 Å². The Balaban J connectivity index is 1.73. The number of allylic oxidation sites excluding steroid dienone is 1. The van der Waals surface area contributed by atoms with Gasteiger partial charge in [0.1, 0.15) is 0 Å². The van der Waals surface area contributed by atoms with Crippen molar-refractivity contribution in [1.29, 1.82) is 0 Å². The van der Waals surface area contributed by atoms with E-state index in [1.807, 2.05) is 5.32 Å². The molecule has 5 nitrogen and oxygen atoms in total. The molecule has 2 amide bonds. The van der Waals surface area contributed by atoms with E-state index in [0.717, 1.165) is 37.0 Å². The number of rotatable bonds is 8. The van der Waals surface area contributed by atoms with Crippen LogP contribution in [0.5, 0.6) is 0 Å². The van der Waals surface area contributed by atoms with Crippen LogP contribution in [-0.4, -0.2) is 34.2 Å². The minimum atomic E-state index is -5.24. The summed E-state index contributed by atoms with van der Waals surface area (Å²) in [6.07, 6.45) is 0.174. The Morgan fingerprint density at radius 2 is 1.57 bits per heavy atom. The molecular weight excluding hydrogens is 481 g/mol. The fourth-order valence-corrected chi connectivity index (χ4v) is 5.43. The van der Waals surface area contributed by atoms with E-state index in [1.54, 1.807) is 48.5 Å². The predicted octanol–water partition coefficient (Wildman–Crippen LogP) is 5.96. The van der Waals surface area contributed by atoms with E-state index in [0.29, 0.717) is 12.0 Å². The average Bonchev–Trinajstić information content (AvgIpc) is 3.10. The molecule has 1 saturated carbocycles. The van der Waals surface area contributed by atoms with E-state index >= 15 is 0 Å². The number of nitrogens with one attached hydrogen (secondary N) is 1. The molecule has 1 heterocycles. The predicted molar refractivity (Wildman–Crippen MR) is 133 cm³/mol. The normalized spacial score (nSPS) is 20.9. The molecule has 2 aromatic carbocycles. The Kier molecular flexibility index (Phi) is 7.85. The highest BCUT2D eigenvalue weighted by atomic mass is 19.4. The molecule has 1 aliphatic carbocycles. The lowest BCUT2D eigenvalue weighted by atomic mass is 9.83. The van der Waals surface area contributed by atoms with Crippen LogP contribution in [0.25, 0.3) is 0 Å². The molecule has 1 aliphatic heterocycles. The van der Waals surface area contributed by atoms with Crippen molar-refractivity contribution in [2.24, 2.45) is 5.92 Å². The summed E-state index contributed by atoms with van der Waals surface area (Å²) in [6, 6.07) is 16.1. The van der Waals surface area contributed by atoms with Gasteiger partial charge in [-0.25, -0.2) is 0 Å². The Labute approximate surface area is 214 Å². The summed E-state index contributed by atoms with van der Waals surface area (Å²) < 4.78 is 45.0. The van der Waals surface area contributed by atoms with Gasteiger partial charge < -0.3 is 10.2 Å². The fourth-order valence-electron chi connectivity index (χ4n) is 5.43. The van der Waals surface area contributed by atoms with Crippen LogP contribution in [0.1, 0.15) is 67.8 Å². The quantitative estimate of drug-likeness (QED) is 0.444. The number of halogens is 3. The van der Waals surface area contributed by atoms with Gasteiger partial charge in [-0.2, -0.15) is 13.2 Å². The highest BCUT2D eigenvalue weighted by Gasteiger charge is 2.70. The van der Waals surface area contributed by atoms with Crippen LogP contribution in [0, 0.1) is 5.92 Å². The molecule has 196 valence electrons. The van der Waals surface area contributed by atoms with E-state index in [4.69, 9.17) is 0 Å². The zero-order valence-electron chi connectivity index (χ0n) is 20.8. The van der Waals surface area contributed by atoms with Gasteiger partial charge in [0.2, 0.25) is 11.4 Å². The highest BCUT2D eigenvalue weighted by molar-refractivity contribution is 6.19. The van der Waals surface area contributed by atoms with Gasteiger partial charge in [-0.3, -0.25) is 14.4 Å². The molecule has 0 radical (unpaired) electrons. The third-order valence-electron chi connectivity index (χ3n) is 7.41. The molecular formula is C29H31F3N2O3. The largest absolute Gasteiger partial charge is 0.425 e. The van der Waals surface area contributed by atoms with Crippen LogP contribution in [0.4, 0.5) is 13.2 Å². The van der Waals surface area contributed by atoms with E-state index < -0.39 is 34.9 Å². The highest BCUT2D eigenvalue weighted by Crippen LogP contribution is 2.46. The summed E-state index contributed by atoms with van der Waals surface area (Å²) in [5, 5.41) is 2.03. The Morgan fingerprint density at radius 1 is 0.973 bits per heavy atom. The molecule has 4 rings (SSSR count). The standard InChI is InChI=1S/C29H31F3N2O3/c1-20-25(26(36)23-15-9-4-10-16-23)28(29(30,31)32,27(37)34(20)19-22-13-7-3-8-14-22)33-24(35)18-17-21-11-5-2-6-12-21/h3-4,7-10,13-16,21H,2,5-6,11-12,17-19H2,1H3,(H,33,35)/t28-/m1/s1. The number of hydrogen-bond donors (Lipinski definition) is 1. The van der Waals surface area contributed by atoms with Crippen LogP contribution in [-0.2, 0) is 16.1 Å². The number of alkyl halides is 3. The minimum absolute atomic E-state index is 0.0105. The Morgan fingerprint density at radius 3 is 2.16 bits per heavy atom. The number of benzene rings is 2. The number of carbonyl (C=O) groups excluding carboxylic acids is 3. The molecule has 1 atom stereocenters. The molecule has 37 heavy (non-hydrogen) atoms. The van der Waals surface area contributed by atoms with Crippen molar-refractivity contribution in [2.75, 3.05) is 0 Å². The molecule has 0 spiro atoms. The monoisotopic (exact) mass is 512 g/mol. The van der Waals surface area contributed by atoms with Crippen LogP contribution in [0.2, 0.25) is 0 Å². The lowest BCUT2D eigenvalue weighted by Crippen LogP contribution is -2.66. The van der Waals surface area contributed by atoms with Crippen molar-refractivity contribution >= 4 is 17.6 Å². The third kappa shape index (κ3) is 5.33. The summed E-state index contributed by atoms with van der Waals surface area (Å²) in [5.41, 5.74) is -3.71.